The molecule has 0 atom stereocenters. The first-order valence-corrected chi connectivity index (χ1v) is 6.03. The molecule has 0 amide bonds. The average Bonchev–Trinajstić information content (AvgIpc) is 2.44. The lowest BCUT2D eigenvalue weighted by Crippen LogP contribution is -2.03. The van der Waals surface area contributed by atoms with Crippen molar-refractivity contribution in [1.29, 1.82) is 0 Å². The zero-order chi connectivity index (χ0) is 14.5. The first kappa shape index (κ1) is 14.0. The molecule has 1 heterocycles. The predicted octanol–water partition coefficient (Wildman–Crippen LogP) is 2.94. The topological polar surface area (TPSA) is 59.1 Å². The molecule has 0 aliphatic heterocycles. The Bertz CT molecular complexity index is 607. The van der Waals surface area contributed by atoms with Crippen LogP contribution in [0.1, 0.15) is 6.92 Å². The molecule has 0 unspecified atom stereocenters. The molecular formula is C13H14F2N4O. The van der Waals surface area contributed by atoms with E-state index < -0.39 is 11.6 Å². The molecular weight excluding hydrogens is 266 g/mol. The Balaban J connectivity index is 2.23. The third-order valence-electron chi connectivity index (χ3n) is 2.46. The van der Waals surface area contributed by atoms with Gasteiger partial charge in [-0.3, -0.25) is 0 Å². The highest BCUT2D eigenvalue weighted by atomic mass is 19.1. The van der Waals surface area contributed by atoms with Crippen LogP contribution in [0.2, 0.25) is 0 Å². The molecule has 0 radical (unpaired) electrons. The molecule has 2 rings (SSSR count). The Kier molecular flexibility index (Phi) is 4.29. The number of anilines is 3. The van der Waals surface area contributed by atoms with Crippen LogP contribution in [0.3, 0.4) is 0 Å². The summed E-state index contributed by atoms with van der Waals surface area (Å²) in [7, 11) is 1.62. The number of nitrogens with zero attached hydrogens (tertiary/aromatic N) is 2. The zero-order valence-electron chi connectivity index (χ0n) is 11.1. The molecule has 0 aliphatic carbocycles. The number of halogens is 2. The fraction of sp³-hybridized carbons (Fsp3) is 0.231. The summed E-state index contributed by atoms with van der Waals surface area (Å²) in [6, 6.07) is 4.26. The highest BCUT2D eigenvalue weighted by Crippen LogP contribution is 2.24. The molecule has 106 valence electrons. The van der Waals surface area contributed by atoms with Gasteiger partial charge in [0.25, 0.3) is 0 Å². The number of benzene rings is 1. The van der Waals surface area contributed by atoms with E-state index in [4.69, 9.17) is 4.74 Å². The molecule has 0 saturated heterocycles. The van der Waals surface area contributed by atoms with Gasteiger partial charge in [0.2, 0.25) is 5.95 Å². The van der Waals surface area contributed by atoms with Gasteiger partial charge in [-0.15, -0.1) is 0 Å². The minimum absolute atomic E-state index is 0.0343. The van der Waals surface area contributed by atoms with Crippen LogP contribution in [0.15, 0.2) is 24.4 Å². The maximum absolute atomic E-state index is 13.7. The largest absolute Gasteiger partial charge is 0.491 e. The number of rotatable bonds is 5. The predicted molar refractivity (Wildman–Crippen MR) is 72.4 cm³/mol. The van der Waals surface area contributed by atoms with Gasteiger partial charge in [-0.25, -0.2) is 13.8 Å². The molecule has 0 bridgehead atoms. The minimum Gasteiger partial charge on any atom is -0.491 e. The number of hydrogen-bond acceptors (Lipinski definition) is 5. The van der Waals surface area contributed by atoms with Crippen LogP contribution in [-0.2, 0) is 0 Å². The average molecular weight is 280 g/mol. The quantitative estimate of drug-likeness (QED) is 0.881. The van der Waals surface area contributed by atoms with Gasteiger partial charge in [-0.2, -0.15) is 4.98 Å². The molecule has 0 saturated carbocycles. The van der Waals surface area contributed by atoms with E-state index in [0.717, 1.165) is 6.20 Å². The Morgan fingerprint density at radius 1 is 1.25 bits per heavy atom. The first-order chi connectivity index (χ1) is 9.63. The van der Waals surface area contributed by atoms with Crippen molar-refractivity contribution < 1.29 is 13.5 Å². The van der Waals surface area contributed by atoms with Crippen LogP contribution in [0.25, 0.3) is 0 Å². The number of ether oxygens (including phenoxy) is 1. The van der Waals surface area contributed by atoms with Gasteiger partial charge in [0.05, 0.1) is 12.8 Å². The van der Waals surface area contributed by atoms with Gasteiger partial charge >= 0.3 is 0 Å². The van der Waals surface area contributed by atoms with Gasteiger partial charge in [0, 0.05) is 18.8 Å². The van der Waals surface area contributed by atoms with Crippen molar-refractivity contribution >= 4 is 17.5 Å². The SMILES string of the molecule is CCOc1ccc(Nc2nc(NC)ncc2F)cc1F. The third-order valence-corrected chi connectivity index (χ3v) is 2.46. The Morgan fingerprint density at radius 3 is 2.70 bits per heavy atom. The number of hydrogen-bond donors (Lipinski definition) is 2. The van der Waals surface area contributed by atoms with E-state index in [0.29, 0.717) is 12.3 Å². The maximum atomic E-state index is 13.7. The maximum Gasteiger partial charge on any atom is 0.224 e. The highest BCUT2D eigenvalue weighted by Gasteiger charge is 2.09. The lowest BCUT2D eigenvalue weighted by Gasteiger charge is -2.10. The first-order valence-electron chi connectivity index (χ1n) is 6.03. The molecule has 2 aromatic rings. The summed E-state index contributed by atoms with van der Waals surface area (Å²) < 4.78 is 32.3. The van der Waals surface area contributed by atoms with Crippen molar-refractivity contribution in [2.75, 3.05) is 24.3 Å². The van der Waals surface area contributed by atoms with Crippen molar-refractivity contribution in [3.8, 4) is 5.75 Å². The van der Waals surface area contributed by atoms with Gasteiger partial charge in [0.1, 0.15) is 0 Å². The minimum atomic E-state index is -0.627. The van der Waals surface area contributed by atoms with Crippen LogP contribution < -0.4 is 15.4 Å². The zero-order valence-corrected chi connectivity index (χ0v) is 11.1. The van der Waals surface area contributed by atoms with Gasteiger partial charge in [0.15, 0.2) is 23.2 Å². The molecule has 0 aliphatic rings. The normalized spacial score (nSPS) is 10.2. The van der Waals surface area contributed by atoms with Crippen LogP contribution >= 0.6 is 0 Å². The van der Waals surface area contributed by atoms with Crippen molar-refractivity contribution in [3.63, 3.8) is 0 Å². The molecule has 0 fully saturated rings. The van der Waals surface area contributed by atoms with Gasteiger partial charge in [-0.1, -0.05) is 0 Å². The summed E-state index contributed by atoms with van der Waals surface area (Å²) in [6.07, 6.45) is 1.03. The van der Waals surface area contributed by atoms with Crippen molar-refractivity contribution in [3.05, 3.63) is 36.0 Å². The highest BCUT2D eigenvalue weighted by molar-refractivity contribution is 5.58. The lowest BCUT2D eigenvalue weighted by atomic mass is 10.3. The van der Waals surface area contributed by atoms with E-state index in [1.165, 1.54) is 12.1 Å². The van der Waals surface area contributed by atoms with E-state index >= 15 is 0 Å². The molecule has 20 heavy (non-hydrogen) atoms. The fourth-order valence-corrected chi connectivity index (χ4v) is 1.56. The van der Waals surface area contributed by atoms with Crippen LogP contribution in [0, 0.1) is 11.6 Å². The monoisotopic (exact) mass is 280 g/mol. The van der Waals surface area contributed by atoms with Crippen molar-refractivity contribution in [2.24, 2.45) is 0 Å². The number of nitrogens with one attached hydrogen (secondary N) is 2. The third kappa shape index (κ3) is 3.11. The second kappa shape index (κ2) is 6.14. The van der Waals surface area contributed by atoms with E-state index in [2.05, 4.69) is 20.6 Å². The van der Waals surface area contributed by atoms with Crippen LogP contribution in [0.5, 0.6) is 5.75 Å². The van der Waals surface area contributed by atoms with E-state index in [1.54, 1.807) is 20.0 Å². The summed E-state index contributed by atoms with van der Waals surface area (Å²) in [5.41, 5.74) is 0.366. The van der Waals surface area contributed by atoms with Crippen LogP contribution in [0.4, 0.5) is 26.2 Å². The lowest BCUT2D eigenvalue weighted by molar-refractivity contribution is 0.321. The Hall–Kier alpha value is -2.44. The second-order valence-corrected chi connectivity index (χ2v) is 3.84. The molecule has 1 aromatic heterocycles. The van der Waals surface area contributed by atoms with E-state index in [1.807, 2.05) is 0 Å². The Morgan fingerprint density at radius 2 is 2.05 bits per heavy atom. The van der Waals surface area contributed by atoms with Crippen LogP contribution in [-0.4, -0.2) is 23.6 Å². The standard InChI is InChI=1S/C13H14F2N4O/c1-3-20-11-5-4-8(6-9(11)14)18-12-10(15)7-17-13(16-2)19-12/h4-7H,3H2,1-2H3,(H2,16,17,18,19). The van der Waals surface area contributed by atoms with Gasteiger partial charge < -0.3 is 15.4 Å². The summed E-state index contributed by atoms with van der Waals surface area (Å²) in [6.45, 7) is 2.14. The Labute approximate surface area is 115 Å². The number of aromatic nitrogens is 2. The van der Waals surface area contributed by atoms with Crippen molar-refractivity contribution in [1.82, 2.24) is 9.97 Å². The smallest absolute Gasteiger partial charge is 0.224 e. The summed E-state index contributed by atoms with van der Waals surface area (Å²) in [5, 5.41) is 5.39. The summed E-state index contributed by atoms with van der Waals surface area (Å²) in [5.74, 6) is -0.774. The molecule has 2 N–H and O–H groups in total. The summed E-state index contributed by atoms with van der Waals surface area (Å²) >= 11 is 0. The molecule has 1 aromatic carbocycles. The molecule has 0 spiro atoms. The van der Waals surface area contributed by atoms with E-state index in [-0.39, 0.29) is 17.5 Å². The fourth-order valence-electron chi connectivity index (χ4n) is 1.56. The molecule has 7 heteroatoms. The second-order valence-electron chi connectivity index (χ2n) is 3.84. The van der Waals surface area contributed by atoms with E-state index in [9.17, 15) is 8.78 Å². The van der Waals surface area contributed by atoms with Crippen molar-refractivity contribution in [2.45, 2.75) is 6.92 Å². The van der Waals surface area contributed by atoms with Gasteiger partial charge in [-0.05, 0) is 19.1 Å². The summed E-state index contributed by atoms with van der Waals surface area (Å²) in [4.78, 5) is 7.64. The molecule has 5 nitrogen and oxygen atoms in total.